The highest BCUT2D eigenvalue weighted by atomic mass is 16.5. The van der Waals surface area contributed by atoms with E-state index in [1.54, 1.807) is 10.6 Å². The summed E-state index contributed by atoms with van der Waals surface area (Å²) in [6.45, 7) is 3.41. The SMILES string of the molecule is NC(=O)c1cnn2cc(-c3ccc(N4CCOCC4)cc3)cc2c1. The topological polar surface area (TPSA) is 72.9 Å². The standard InChI is InChI=1S/C18H18N4O2/c19-18(23)14-9-17-10-15(12-22(17)20-11-14)13-1-3-16(4-2-13)21-5-7-24-8-6-21/h1-4,9-12H,5-8H2,(H2,19,23). The van der Waals surface area contributed by atoms with Gasteiger partial charge >= 0.3 is 0 Å². The number of carbonyl (C=O) groups is 1. The highest BCUT2D eigenvalue weighted by molar-refractivity contribution is 5.93. The number of morpholine rings is 1. The second kappa shape index (κ2) is 5.98. The summed E-state index contributed by atoms with van der Waals surface area (Å²) in [6, 6.07) is 12.2. The Morgan fingerprint density at radius 2 is 1.83 bits per heavy atom. The van der Waals surface area contributed by atoms with E-state index in [1.165, 1.54) is 11.9 Å². The molecule has 1 aliphatic rings. The van der Waals surface area contributed by atoms with E-state index in [9.17, 15) is 4.79 Å². The number of ether oxygens (including phenoxy) is 1. The van der Waals surface area contributed by atoms with Crippen LogP contribution in [0.4, 0.5) is 5.69 Å². The second-order valence-corrected chi connectivity index (χ2v) is 5.85. The number of nitrogens with two attached hydrogens (primary N) is 1. The minimum absolute atomic E-state index is 0.412. The first-order valence-corrected chi connectivity index (χ1v) is 7.92. The summed E-state index contributed by atoms with van der Waals surface area (Å²) in [5.74, 6) is -0.470. The molecule has 6 nitrogen and oxygen atoms in total. The number of amides is 1. The van der Waals surface area contributed by atoms with Crippen LogP contribution in [0.2, 0.25) is 0 Å². The van der Waals surface area contributed by atoms with Gasteiger partial charge in [0, 0.05) is 30.5 Å². The zero-order valence-corrected chi connectivity index (χ0v) is 13.2. The van der Waals surface area contributed by atoms with Crippen molar-refractivity contribution in [2.75, 3.05) is 31.2 Å². The highest BCUT2D eigenvalue weighted by Gasteiger charge is 2.12. The molecule has 6 heteroatoms. The summed E-state index contributed by atoms with van der Waals surface area (Å²) in [7, 11) is 0. The number of benzene rings is 1. The Hall–Kier alpha value is -2.86. The molecular weight excluding hydrogens is 304 g/mol. The van der Waals surface area contributed by atoms with Crippen LogP contribution in [0.3, 0.4) is 0 Å². The van der Waals surface area contributed by atoms with Gasteiger partial charge in [0.05, 0.1) is 30.5 Å². The summed E-state index contributed by atoms with van der Waals surface area (Å²) in [5.41, 5.74) is 9.94. The molecule has 4 rings (SSSR count). The molecule has 3 heterocycles. The number of carbonyl (C=O) groups excluding carboxylic acids is 1. The fraction of sp³-hybridized carbons (Fsp3) is 0.222. The van der Waals surface area contributed by atoms with Gasteiger partial charge in [0.15, 0.2) is 0 Å². The normalized spacial score (nSPS) is 14.9. The van der Waals surface area contributed by atoms with Crippen LogP contribution < -0.4 is 10.6 Å². The van der Waals surface area contributed by atoms with E-state index in [2.05, 4.69) is 34.3 Å². The van der Waals surface area contributed by atoms with Crippen molar-refractivity contribution in [3.63, 3.8) is 0 Å². The molecular formula is C18H18N4O2. The summed E-state index contributed by atoms with van der Waals surface area (Å²) in [6.07, 6.45) is 3.44. The van der Waals surface area contributed by atoms with Gasteiger partial charge in [0.1, 0.15) is 0 Å². The van der Waals surface area contributed by atoms with Crippen LogP contribution in [0, 0.1) is 0 Å². The van der Waals surface area contributed by atoms with E-state index in [0.717, 1.165) is 42.9 Å². The smallest absolute Gasteiger partial charge is 0.250 e. The lowest BCUT2D eigenvalue weighted by Crippen LogP contribution is -2.36. The fourth-order valence-electron chi connectivity index (χ4n) is 2.98. The van der Waals surface area contributed by atoms with Crippen molar-refractivity contribution in [2.24, 2.45) is 5.73 Å². The maximum atomic E-state index is 11.3. The number of rotatable bonds is 3. The van der Waals surface area contributed by atoms with Crippen molar-refractivity contribution in [1.29, 1.82) is 0 Å². The van der Waals surface area contributed by atoms with E-state index in [-0.39, 0.29) is 0 Å². The van der Waals surface area contributed by atoms with Gasteiger partial charge in [-0.05, 0) is 29.8 Å². The van der Waals surface area contributed by atoms with Crippen molar-refractivity contribution >= 4 is 17.1 Å². The second-order valence-electron chi connectivity index (χ2n) is 5.85. The average Bonchev–Trinajstić information content (AvgIpc) is 3.06. The van der Waals surface area contributed by atoms with Gasteiger partial charge in [-0.15, -0.1) is 0 Å². The third-order valence-corrected chi connectivity index (χ3v) is 4.32. The Labute approximate surface area is 139 Å². The van der Waals surface area contributed by atoms with E-state index >= 15 is 0 Å². The fourth-order valence-corrected chi connectivity index (χ4v) is 2.98. The minimum atomic E-state index is -0.470. The molecule has 0 atom stereocenters. The quantitative estimate of drug-likeness (QED) is 0.800. The van der Waals surface area contributed by atoms with Crippen molar-refractivity contribution in [3.05, 3.63) is 54.4 Å². The van der Waals surface area contributed by atoms with E-state index in [1.807, 2.05) is 12.3 Å². The third-order valence-electron chi connectivity index (χ3n) is 4.32. The van der Waals surface area contributed by atoms with Gasteiger partial charge in [0.2, 0.25) is 5.91 Å². The molecule has 0 spiro atoms. The first kappa shape index (κ1) is 14.7. The monoisotopic (exact) mass is 322 g/mol. The molecule has 122 valence electrons. The van der Waals surface area contributed by atoms with Crippen LogP contribution in [0.25, 0.3) is 16.6 Å². The molecule has 1 saturated heterocycles. The maximum absolute atomic E-state index is 11.3. The largest absolute Gasteiger partial charge is 0.378 e. The van der Waals surface area contributed by atoms with Crippen LogP contribution in [0.1, 0.15) is 10.4 Å². The molecule has 0 bridgehead atoms. The lowest BCUT2D eigenvalue weighted by Gasteiger charge is -2.28. The number of hydrogen-bond acceptors (Lipinski definition) is 4. The predicted octanol–water partition coefficient (Wildman–Crippen LogP) is 1.94. The summed E-state index contributed by atoms with van der Waals surface area (Å²) < 4.78 is 7.14. The Kier molecular flexibility index (Phi) is 3.66. The lowest BCUT2D eigenvalue weighted by atomic mass is 10.1. The number of aromatic nitrogens is 2. The van der Waals surface area contributed by atoms with Gasteiger partial charge in [-0.3, -0.25) is 4.79 Å². The van der Waals surface area contributed by atoms with Gasteiger partial charge in [-0.1, -0.05) is 12.1 Å². The number of anilines is 1. The van der Waals surface area contributed by atoms with Crippen LogP contribution in [0.15, 0.2) is 48.8 Å². The number of nitrogens with zero attached hydrogens (tertiary/aromatic N) is 3. The highest BCUT2D eigenvalue weighted by Crippen LogP contribution is 2.25. The van der Waals surface area contributed by atoms with Crippen molar-refractivity contribution < 1.29 is 9.53 Å². The zero-order valence-electron chi connectivity index (χ0n) is 13.2. The molecule has 1 fully saturated rings. The van der Waals surface area contributed by atoms with Crippen LogP contribution in [-0.4, -0.2) is 41.8 Å². The van der Waals surface area contributed by atoms with Crippen LogP contribution >= 0.6 is 0 Å². The molecule has 0 radical (unpaired) electrons. The van der Waals surface area contributed by atoms with E-state index < -0.39 is 5.91 Å². The Balaban J connectivity index is 1.63. The van der Waals surface area contributed by atoms with Crippen molar-refractivity contribution in [3.8, 4) is 11.1 Å². The van der Waals surface area contributed by atoms with Crippen LogP contribution in [0.5, 0.6) is 0 Å². The van der Waals surface area contributed by atoms with Crippen LogP contribution in [-0.2, 0) is 4.74 Å². The van der Waals surface area contributed by atoms with Gasteiger partial charge < -0.3 is 15.4 Å². The van der Waals surface area contributed by atoms with E-state index in [0.29, 0.717) is 5.56 Å². The predicted molar refractivity (Wildman–Crippen MR) is 92.2 cm³/mol. The maximum Gasteiger partial charge on any atom is 0.250 e. The Morgan fingerprint density at radius 1 is 1.08 bits per heavy atom. The lowest BCUT2D eigenvalue weighted by molar-refractivity contribution is 0.1000. The van der Waals surface area contributed by atoms with Crippen molar-refractivity contribution in [1.82, 2.24) is 9.61 Å². The minimum Gasteiger partial charge on any atom is -0.378 e. The number of hydrogen-bond donors (Lipinski definition) is 1. The first-order chi connectivity index (χ1) is 11.7. The Morgan fingerprint density at radius 3 is 2.54 bits per heavy atom. The molecule has 2 N–H and O–H groups in total. The zero-order chi connectivity index (χ0) is 16.5. The third kappa shape index (κ3) is 2.72. The summed E-state index contributed by atoms with van der Waals surface area (Å²) >= 11 is 0. The number of fused-ring (bicyclic) bond motifs is 1. The van der Waals surface area contributed by atoms with Crippen molar-refractivity contribution in [2.45, 2.75) is 0 Å². The van der Waals surface area contributed by atoms with Gasteiger partial charge in [-0.2, -0.15) is 5.10 Å². The molecule has 3 aromatic rings. The molecule has 0 unspecified atom stereocenters. The molecule has 0 saturated carbocycles. The molecule has 1 aromatic carbocycles. The molecule has 1 aliphatic heterocycles. The number of primary amides is 1. The molecule has 24 heavy (non-hydrogen) atoms. The summed E-state index contributed by atoms with van der Waals surface area (Å²) in [4.78, 5) is 13.6. The first-order valence-electron chi connectivity index (χ1n) is 7.92. The molecule has 0 aliphatic carbocycles. The van der Waals surface area contributed by atoms with Gasteiger partial charge in [-0.25, -0.2) is 4.52 Å². The Bertz CT molecular complexity index is 880. The van der Waals surface area contributed by atoms with Gasteiger partial charge in [0.25, 0.3) is 0 Å². The summed E-state index contributed by atoms with van der Waals surface area (Å²) in [5, 5.41) is 4.23. The average molecular weight is 322 g/mol. The molecule has 2 aromatic heterocycles. The van der Waals surface area contributed by atoms with E-state index in [4.69, 9.17) is 10.5 Å². The molecule has 1 amide bonds.